The number of aryl methyl sites for hydroxylation is 1. The molecule has 3 N–H and O–H groups in total. The summed E-state index contributed by atoms with van der Waals surface area (Å²) in [6, 6.07) is 6.11. The summed E-state index contributed by atoms with van der Waals surface area (Å²) in [5.74, 6) is 1.92. The smallest absolute Gasteiger partial charge is 0.242 e. The maximum absolute atomic E-state index is 13.8. The lowest BCUT2D eigenvalue weighted by molar-refractivity contribution is -0.122. The minimum atomic E-state index is -0.574. The molecule has 0 fully saturated rings. The Hall–Kier alpha value is -3.66. The molecule has 9 nitrogen and oxygen atoms in total. The Labute approximate surface area is 264 Å². The third-order valence-electron chi connectivity index (χ3n) is 8.30. The topological polar surface area (TPSA) is 115 Å². The van der Waals surface area contributed by atoms with Crippen LogP contribution in [0.1, 0.15) is 69.0 Å². The maximum atomic E-state index is 13.8. The lowest BCUT2D eigenvalue weighted by Gasteiger charge is -2.19. The fraction of sp³-hybridized carbons (Fsp3) is 0.500. The number of benzene rings is 1. The highest BCUT2D eigenvalue weighted by Gasteiger charge is 2.30. The van der Waals surface area contributed by atoms with Gasteiger partial charge in [-0.05, 0) is 98.3 Å². The van der Waals surface area contributed by atoms with Gasteiger partial charge in [-0.25, -0.2) is 0 Å². The number of nitrogens with one attached hydrogen (secondary N) is 3. The Morgan fingerprint density at radius 2 is 1.84 bits per heavy atom. The number of ether oxygens (including phenoxy) is 3. The van der Waals surface area contributed by atoms with Crippen molar-refractivity contribution in [3.05, 3.63) is 57.3 Å². The Morgan fingerprint density at radius 3 is 2.50 bits per heavy atom. The molecular weight excluding hydrogens is 578 g/mol. The van der Waals surface area contributed by atoms with Crippen molar-refractivity contribution in [2.45, 2.75) is 70.4 Å². The van der Waals surface area contributed by atoms with Crippen LogP contribution in [0.2, 0.25) is 0 Å². The van der Waals surface area contributed by atoms with Crippen LogP contribution in [-0.4, -0.2) is 57.7 Å². The average Bonchev–Trinajstić information content (AvgIpc) is 3.26. The number of hydrogen-bond donors (Lipinski definition) is 3. The van der Waals surface area contributed by atoms with Crippen molar-refractivity contribution in [3.8, 4) is 28.4 Å². The standard InChI is InChI=1S/C34H45N3O6S/c1-21(38)36-26-13-11-23-19-30(41-2)32(42-3)33(43-4)31(23)24-12-14-27(29(39)20-25(24)26)37-28(16-18-44-5)34(40)35-17-15-22-9-7-6-8-10-22/h9,12,14,19-20,26,28H,6-8,10-11,13,15-18H2,1-5H3,(H,35,40)(H,36,38)(H,37,39)/t26-,28-/m0/s1. The van der Waals surface area contributed by atoms with E-state index in [1.807, 2.05) is 18.4 Å². The second-order valence-corrected chi connectivity index (χ2v) is 12.2. The van der Waals surface area contributed by atoms with E-state index in [0.29, 0.717) is 54.3 Å². The van der Waals surface area contributed by atoms with Gasteiger partial charge in [0.2, 0.25) is 23.0 Å². The summed E-state index contributed by atoms with van der Waals surface area (Å²) in [5, 5.41) is 9.38. The molecule has 0 spiro atoms. The zero-order chi connectivity index (χ0) is 31.6. The number of methoxy groups -OCH3 is 3. The van der Waals surface area contributed by atoms with Crippen molar-refractivity contribution < 1.29 is 23.8 Å². The van der Waals surface area contributed by atoms with Crippen LogP contribution in [0.25, 0.3) is 11.1 Å². The number of carbonyl (C=O) groups is 2. The summed E-state index contributed by atoms with van der Waals surface area (Å²) >= 11 is 1.65. The van der Waals surface area contributed by atoms with Crippen LogP contribution in [0, 0.1) is 0 Å². The summed E-state index contributed by atoms with van der Waals surface area (Å²) in [6.45, 7) is 2.04. The van der Waals surface area contributed by atoms with Gasteiger partial charge in [0.15, 0.2) is 11.5 Å². The molecule has 10 heteroatoms. The van der Waals surface area contributed by atoms with Gasteiger partial charge in [-0.2, -0.15) is 11.8 Å². The number of fused-ring (bicyclic) bond motifs is 3. The first-order valence-electron chi connectivity index (χ1n) is 15.3. The van der Waals surface area contributed by atoms with Gasteiger partial charge in [0, 0.05) is 19.0 Å². The van der Waals surface area contributed by atoms with Gasteiger partial charge in [0.25, 0.3) is 0 Å². The van der Waals surface area contributed by atoms with E-state index in [2.05, 4.69) is 22.0 Å². The lowest BCUT2D eigenvalue weighted by Crippen LogP contribution is -2.41. The Morgan fingerprint density at radius 1 is 1.05 bits per heavy atom. The summed E-state index contributed by atoms with van der Waals surface area (Å²) < 4.78 is 17.2. The number of thioether (sulfide) groups is 1. The molecule has 2 aliphatic rings. The quantitative estimate of drug-likeness (QED) is 0.254. The Kier molecular flexibility index (Phi) is 12.0. The van der Waals surface area contributed by atoms with Gasteiger partial charge in [-0.1, -0.05) is 17.7 Å². The van der Waals surface area contributed by atoms with Crippen LogP contribution in [0.4, 0.5) is 5.69 Å². The van der Waals surface area contributed by atoms with Crippen molar-refractivity contribution in [1.82, 2.24) is 10.6 Å². The van der Waals surface area contributed by atoms with Crippen molar-refractivity contribution in [2.24, 2.45) is 0 Å². The third-order valence-corrected chi connectivity index (χ3v) is 8.95. The minimum Gasteiger partial charge on any atom is -0.493 e. The summed E-state index contributed by atoms with van der Waals surface area (Å²) in [5.41, 5.74) is 4.60. The van der Waals surface area contributed by atoms with Crippen LogP contribution in [0.5, 0.6) is 17.2 Å². The maximum Gasteiger partial charge on any atom is 0.242 e. The predicted molar refractivity (Wildman–Crippen MR) is 177 cm³/mol. The van der Waals surface area contributed by atoms with E-state index in [4.69, 9.17) is 14.2 Å². The first-order valence-corrected chi connectivity index (χ1v) is 16.7. The Balaban J connectivity index is 1.73. The molecule has 2 atom stereocenters. The van der Waals surface area contributed by atoms with Crippen molar-refractivity contribution in [1.29, 1.82) is 0 Å². The highest BCUT2D eigenvalue weighted by atomic mass is 32.2. The highest BCUT2D eigenvalue weighted by Crippen LogP contribution is 2.50. The minimum absolute atomic E-state index is 0.122. The zero-order valence-electron chi connectivity index (χ0n) is 26.5. The van der Waals surface area contributed by atoms with Crippen LogP contribution in [0.3, 0.4) is 0 Å². The fourth-order valence-electron chi connectivity index (χ4n) is 6.12. The average molecular weight is 624 g/mol. The molecule has 0 aromatic heterocycles. The van der Waals surface area contributed by atoms with Gasteiger partial charge < -0.3 is 30.2 Å². The van der Waals surface area contributed by atoms with E-state index in [-0.39, 0.29) is 17.2 Å². The molecule has 238 valence electrons. The SMILES string of the molecule is COc1cc2c(c(OC)c1OC)-c1ccc(N[C@@H](CCSC)C(=O)NCCC3=CCCCC3)c(=O)cc1[C@@H](NC(C)=O)CC2. The van der Waals surface area contributed by atoms with Crippen LogP contribution in [-0.2, 0) is 16.0 Å². The second-order valence-electron chi connectivity index (χ2n) is 11.2. The molecule has 0 unspecified atom stereocenters. The predicted octanol–water partition coefficient (Wildman–Crippen LogP) is 5.40. The molecule has 0 aliphatic heterocycles. The van der Waals surface area contributed by atoms with Gasteiger partial charge in [0.1, 0.15) is 6.04 Å². The van der Waals surface area contributed by atoms with Gasteiger partial charge in [0.05, 0.1) is 33.1 Å². The van der Waals surface area contributed by atoms with Crippen molar-refractivity contribution >= 4 is 29.3 Å². The second kappa shape index (κ2) is 15.9. The summed E-state index contributed by atoms with van der Waals surface area (Å²) in [6.07, 6.45) is 11.5. The summed E-state index contributed by atoms with van der Waals surface area (Å²) in [4.78, 5) is 39.4. The third kappa shape index (κ3) is 7.88. The van der Waals surface area contributed by atoms with Crippen molar-refractivity contribution in [3.63, 3.8) is 0 Å². The fourth-order valence-corrected chi connectivity index (χ4v) is 6.59. The first kappa shape index (κ1) is 33.2. The van der Waals surface area contributed by atoms with Gasteiger partial charge in [-0.15, -0.1) is 0 Å². The van der Waals surface area contributed by atoms with Gasteiger partial charge >= 0.3 is 0 Å². The number of rotatable bonds is 13. The normalized spacial score (nSPS) is 16.3. The van der Waals surface area contributed by atoms with E-state index < -0.39 is 12.1 Å². The van der Waals surface area contributed by atoms with E-state index in [1.54, 1.807) is 45.2 Å². The molecule has 4 rings (SSSR count). The Bertz CT molecular complexity index is 1440. The lowest BCUT2D eigenvalue weighted by atomic mass is 9.95. The van der Waals surface area contributed by atoms with Crippen LogP contribution in [0.15, 0.2) is 40.7 Å². The number of amides is 2. The van der Waals surface area contributed by atoms with Gasteiger partial charge in [-0.3, -0.25) is 14.4 Å². The molecule has 2 aromatic carbocycles. The first-order chi connectivity index (χ1) is 21.3. The molecular formula is C34H45N3O6S. The molecule has 2 aromatic rings. The largest absolute Gasteiger partial charge is 0.493 e. The summed E-state index contributed by atoms with van der Waals surface area (Å²) in [7, 11) is 4.70. The zero-order valence-corrected chi connectivity index (χ0v) is 27.3. The molecule has 0 saturated carbocycles. The number of carbonyl (C=O) groups excluding carboxylic acids is 2. The molecule has 0 bridgehead atoms. The molecule has 44 heavy (non-hydrogen) atoms. The molecule has 2 aliphatic carbocycles. The number of allylic oxidation sites excluding steroid dienone is 1. The van der Waals surface area contributed by atoms with E-state index in [1.165, 1.54) is 25.3 Å². The monoisotopic (exact) mass is 623 g/mol. The van der Waals surface area contributed by atoms with Crippen molar-refractivity contribution in [2.75, 3.05) is 45.2 Å². The van der Waals surface area contributed by atoms with E-state index in [0.717, 1.165) is 41.7 Å². The molecule has 0 saturated heterocycles. The van der Waals surface area contributed by atoms with Crippen LogP contribution < -0.4 is 35.6 Å². The molecule has 2 amide bonds. The molecule has 0 heterocycles. The molecule has 0 radical (unpaired) electrons. The van der Waals surface area contributed by atoms with Crippen LogP contribution >= 0.6 is 11.8 Å². The number of anilines is 1. The number of hydrogen-bond acceptors (Lipinski definition) is 8. The highest BCUT2D eigenvalue weighted by molar-refractivity contribution is 7.98. The van der Waals surface area contributed by atoms with E-state index >= 15 is 0 Å². The van der Waals surface area contributed by atoms with E-state index in [9.17, 15) is 14.4 Å².